The van der Waals surface area contributed by atoms with Gasteiger partial charge >= 0.3 is 0 Å². The van der Waals surface area contributed by atoms with Crippen LogP contribution in [0.1, 0.15) is 31.2 Å². The molecule has 0 saturated heterocycles. The number of hydrogen-bond donors (Lipinski definition) is 0. The van der Waals surface area contributed by atoms with E-state index in [2.05, 4.69) is 274 Å². The summed E-state index contributed by atoms with van der Waals surface area (Å²) in [6, 6.07) is 70.9. The average molecular weight is 975 g/mol. The Morgan fingerprint density at radius 2 is 0.855 bits per heavy atom. The second kappa shape index (κ2) is 17.2. The van der Waals surface area contributed by atoms with Gasteiger partial charge in [-0.1, -0.05) is 164 Å². The first kappa shape index (κ1) is 43.3. The van der Waals surface area contributed by atoms with Gasteiger partial charge in [-0.3, -0.25) is 0 Å². The highest BCUT2D eigenvalue weighted by atomic mass is 15.2. The van der Waals surface area contributed by atoms with Crippen LogP contribution in [0, 0.1) is 11.8 Å². The van der Waals surface area contributed by atoms with E-state index in [1.165, 1.54) is 99.8 Å². The summed E-state index contributed by atoms with van der Waals surface area (Å²) < 4.78 is 4.87. The molecule has 2 aromatic heterocycles. The van der Waals surface area contributed by atoms with Crippen LogP contribution in [0.3, 0.4) is 0 Å². The van der Waals surface area contributed by atoms with E-state index in [4.69, 9.17) is 0 Å². The van der Waals surface area contributed by atoms with Crippen LogP contribution in [0.25, 0.3) is 82.8 Å². The van der Waals surface area contributed by atoms with Crippen molar-refractivity contribution >= 4 is 60.6 Å². The average Bonchev–Trinajstić information content (AvgIpc) is 4.26. The van der Waals surface area contributed by atoms with E-state index in [1.54, 1.807) is 11.1 Å². The topological polar surface area (TPSA) is 16.3 Å². The van der Waals surface area contributed by atoms with Crippen molar-refractivity contribution in [1.29, 1.82) is 0 Å². The lowest BCUT2D eigenvalue weighted by Gasteiger charge is -2.33. The van der Waals surface area contributed by atoms with Gasteiger partial charge in [0.25, 0.3) is 0 Å². The Morgan fingerprint density at radius 3 is 1.47 bits per heavy atom. The van der Waals surface area contributed by atoms with Crippen LogP contribution in [0.4, 0.5) is 11.4 Å². The van der Waals surface area contributed by atoms with Gasteiger partial charge in [-0.2, -0.15) is 0 Å². The van der Waals surface area contributed by atoms with Crippen molar-refractivity contribution in [3.05, 3.63) is 283 Å². The molecule has 8 aromatic carbocycles. The predicted octanol–water partition coefficient (Wildman–Crippen LogP) is 17.8. The minimum absolute atomic E-state index is 0.187. The highest BCUT2D eigenvalue weighted by Crippen LogP contribution is 2.51. The molecule has 0 N–H and O–H groups in total. The summed E-state index contributed by atoms with van der Waals surface area (Å²) in [6.45, 7) is 0. The standard InChI is InChI=1S/C72H54N4/c1-7-27-64-57(20-1)58-21-2-8-28-65(58)73(64)52-39-34-47(35-40-52)48-36-41-53(42-37-48)74-69-32-12-6-25-62(69)72-56(26-15-33-71(72)74)51-38-43-70-63(46-51)61-24-5-11-31-68(61)76(70)55-19-14-17-50(45-55)49-16-13-18-54(44-49)75-66-29-9-3-22-59(66)60-23-4-10-30-67(60)75/h1,3-5,7-20,22-24,26-46,57,64,71-72H,2,6,21,25H2/t57-,64?,71?,72?/m1/s1. The molecule has 3 unspecified atom stereocenters. The fourth-order valence-electron chi connectivity index (χ4n) is 14.1. The number of allylic oxidation sites excluding steroid dienone is 8. The maximum Gasteiger partial charge on any atom is 0.0632 e. The molecule has 0 fully saturated rings. The molecule has 0 radical (unpaired) electrons. The molecule has 4 aliphatic carbocycles. The summed E-state index contributed by atoms with van der Waals surface area (Å²) in [6.07, 6.45) is 30.2. The van der Waals surface area contributed by atoms with Gasteiger partial charge in [0.1, 0.15) is 0 Å². The number of rotatable bonds is 7. The Morgan fingerprint density at radius 1 is 0.355 bits per heavy atom. The van der Waals surface area contributed by atoms with Gasteiger partial charge in [0.05, 0.1) is 34.2 Å². The first-order valence-corrected chi connectivity index (χ1v) is 27.3. The lowest BCUT2D eigenvalue weighted by Crippen LogP contribution is -2.33. The zero-order valence-electron chi connectivity index (χ0n) is 42.2. The fourth-order valence-corrected chi connectivity index (χ4v) is 14.1. The Hall–Kier alpha value is -9.12. The van der Waals surface area contributed by atoms with Gasteiger partial charge in [0, 0.05) is 67.5 Å². The summed E-state index contributed by atoms with van der Waals surface area (Å²) in [5, 5.41) is 5.08. The van der Waals surface area contributed by atoms with Crippen molar-refractivity contribution < 1.29 is 0 Å². The van der Waals surface area contributed by atoms with E-state index in [1.807, 2.05) is 0 Å². The third-order valence-electron chi connectivity index (χ3n) is 17.4. The molecule has 4 nitrogen and oxygen atoms in total. The van der Waals surface area contributed by atoms with Crippen molar-refractivity contribution in [2.75, 3.05) is 9.80 Å². The number of para-hydroxylation sites is 3. The smallest absolute Gasteiger partial charge is 0.0632 e. The molecular weight excluding hydrogens is 921 g/mol. The van der Waals surface area contributed by atoms with Gasteiger partial charge < -0.3 is 18.9 Å². The summed E-state index contributed by atoms with van der Waals surface area (Å²) >= 11 is 0. The van der Waals surface area contributed by atoms with Crippen molar-refractivity contribution in [2.24, 2.45) is 11.8 Å². The van der Waals surface area contributed by atoms with Gasteiger partial charge in [-0.25, -0.2) is 0 Å². The summed E-state index contributed by atoms with van der Waals surface area (Å²) in [4.78, 5) is 5.17. The lowest BCUT2D eigenvalue weighted by molar-refractivity contribution is 0.658. The molecule has 0 spiro atoms. The van der Waals surface area contributed by atoms with E-state index in [0.29, 0.717) is 12.0 Å². The van der Waals surface area contributed by atoms with Crippen LogP contribution < -0.4 is 9.80 Å². The summed E-state index contributed by atoms with van der Waals surface area (Å²) in [7, 11) is 0. The molecule has 10 aromatic rings. The third-order valence-corrected chi connectivity index (χ3v) is 17.4. The van der Waals surface area contributed by atoms with Crippen molar-refractivity contribution in [2.45, 2.75) is 37.8 Å². The molecule has 0 bridgehead atoms. The SMILES string of the molecule is C1=CC2C(C(c3ccc4c(c3)c3ccccc3n4-c3cccc(-c4cccc(-n5c6ccccc6c6ccccc65)c4)c3)=C1)C1=C(C=CCC1)N2c1ccc(-c2ccc(N3C4=C(CCC=C4)[C@H]4C=CC=CC43)cc2)cc1. The maximum atomic E-state index is 2.61. The molecule has 362 valence electrons. The Balaban J connectivity index is 0.708. The van der Waals surface area contributed by atoms with Gasteiger partial charge in [0.15, 0.2) is 0 Å². The molecule has 0 saturated carbocycles. The Bertz CT molecular complexity index is 4260. The van der Waals surface area contributed by atoms with Gasteiger partial charge in [-0.05, 0) is 161 Å². The highest BCUT2D eigenvalue weighted by molar-refractivity contribution is 6.11. The summed E-state index contributed by atoms with van der Waals surface area (Å²) in [5.41, 5.74) is 23.1. The largest absolute Gasteiger partial charge is 0.334 e. The Labute approximate surface area is 443 Å². The van der Waals surface area contributed by atoms with Crippen LogP contribution in [-0.2, 0) is 0 Å². The molecular formula is C72H54N4. The predicted molar refractivity (Wildman–Crippen MR) is 318 cm³/mol. The number of anilines is 2. The number of nitrogens with zero attached hydrogens (tertiary/aromatic N) is 4. The van der Waals surface area contributed by atoms with Crippen molar-refractivity contribution in [3.63, 3.8) is 0 Å². The minimum atomic E-state index is 0.187. The summed E-state index contributed by atoms with van der Waals surface area (Å²) in [5.74, 6) is 0.720. The van der Waals surface area contributed by atoms with Crippen LogP contribution in [0.15, 0.2) is 277 Å². The normalized spacial score (nSPS) is 20.3. The van der Waals surface area contributed by atoms with E-state index >= 15 is 0 Å². The van der Waals surface area contributed by atoms with E-state index in [0.717, 1.165) is 37.1 Å². The molecule has 2 aliphatic heterocycles. The number of fused-ring (bicyclic) bond motifs is 10. The molecule has 6 aliphatic rings. The zero-order valence-corrected chi connectivity index (χ0v) is 42.2. The molecule has 4 heteroatoms. The van der Waals surface area contributed by atoms with E-state index in [-0.39, 0.29) is 12.0 Å². The number of benzene rings is 8. The lowest BCUT2D eigenvalue weighted by atomic mass is 9.78. The molecule has 4 heterocycles. The quantitative estimate of drug-likeness (QED) is 0.158. The number of hydrogen-bond acceptors (Lipinski definition) is 2. The molecule has 0 amide bonds. The van der Waals surface area contributed by atoms with Crippen molar-refractivity contribution in [3.8, 4) is 33.6 Å². The van der Waals surface area contributed by atoms with Crippen LogP contribution in [0.2, 0.25) is 0 Å². The minimum Gasteiger partial charge on any atom is -0.334 e. The van der Waals surface area contributed by atoms with Crippen LogP contribution >= 0.6 is 0 Å². The second-order valence-electron chi connectivity index (χ2n) is 21.4. The fraction of sp³-hybridized carbons (Fsp3) is 0.111. The monoisotopic (exact) mass is 974 g/mol. The third kappa shape index (κ3) is 6.63. The van der Waals surface area contributed by atoms with Crippen molar-refractivity contribution in [1.82, 2.24) is 9.13 Å². The maximum absolute atomic E-state index is 2.61. The van der Waals surface area contributed by atoms with Gasteiger partial charge in [0.2, 0.25) is 0 Å². The highest BCUT2D eigenvalue weighted by Gasteiger charge is 2.43. The first-order valence-electron chi connectivity index (χ1n) is 27.3. The second-order valence-corrected chi connectivity index (χ2v) is 21.4. The molecule has 16 rings (SSSR count). The zero-order chi connectivity index (χ0) is 49.8. The Kier molecular flexibility index (Phi) is 9.81. The molecule has 4 atom stereocenters. The van der Waals surface area contributed by atoms with Crippen LogP contribution in [0.5, 0.6) is 0 Å². The van der Waals surface area contributed by atoms with Gasteiger partial charge in [-0.15, -0.1) is 0 Å². The van der Waals surface area contributed by atoms with Crippen LogP contribution in [-0.4, -0.2) is 21.2 Å². The number of aromatic nitrogens is 2. The van der Waals surface area contributed by atoms with E-state index in [9.17, 15) is 0 Å². The van der Waals surface area contributed by atoms with E-state index < -0.39 is 0 Å². The molecule has 76 heavy (non-hydrogen) atoms. The first-order chi connectivity index (χ1) is 37.7.